The Morgan fingerprint density at radius 2 is 2.07 bits per heavy atom. The Morgan fingerprint density at radius 1 is 1.24 bits per heavy atom. The average molecular weight is 394 g/mol. The third kappa shape index (κ3) is 3.17. The highest BCUT2D eigenvalue weighted by Crippen LogP contribution is 2.30. The van der Waals surface area contributed by atoms with Gasteiger partial charge in [-0.25, -0.2) is 9.18 Å². The number of rotatable bonds is 6. The molecule has 0 aliphatic heterocycles. The number of methoxy groups -OCH3 is 1. The van der Waals surface area contributed by atoms with Crippen molar-refractivity contribution in [2.45, 2.75) is 6.54 Å². The predicted molar refractivity (Wildman–Crippen MR) is 109 cm³/mol. The van der Waals surface area contributed by atoms with Crippen LogP contribution in [-0.4, -0.2) is 34.2 Å². The van der Waals surface area contributed by atoms with Crippen LogP contribution in [0, 0.1) is 5.82 Å². The highest BCUT2D eigenvalue weighted by atomic mass is 19.1. The molecule has 29 heavy (non-hydrogen) atoms. The zero-order valence-corrected chi connectivity index (χ0v) is 16.0. The minimum absolute atomic E-state index is 0.160. The van der Waals surface area contributed by atoms with Crippen LogP contribution in [0.4, 0.5) is 10.1 Å². The smallest absolute Gasteiger partial charge is 0.328 e. The molecular formula is C21H19FN4O3. The van der Waals surface area contributed by atoms with Crippen molar-refractivity contribution >= 4 is 34.0 Å². The van der Waals surface area contributed by atoms with E-state index >= 15 is 0 Å². The summed E-state index contributed by atoms with van der Waals surface area (Å²) in [5.74, 6) is -0.457. The molecule has 0 saturated carbocycles. The Bertz CT molecular complexity index is 1290. The minimum atomic E-state index is -0.457. The van der Waals surface area contributed by atoms with Gasteiger partial charge in [-0.1, -0.05) is 6.07 Å². The van der Waals surface area contributed by atoms with Gasteiger partial charge in [0.1, 0.15) is 5.82 Å². The molecule has 0 aliphatic carbocycles. The van der Waals surface area contributed by atoms with E-state index in [0.717, 1.165) is 10.9 Å². The second-order valence-electron chi connectivity index (χ2n) is 6.67. The normalized spacial score (nSPS) is 11.3. The number of anilines is 1. The van der Waals surface area contributed by atoms with Crippen molar-refractivity contribution in [1.82, 2.24) is 14.1 Å². The van der Waals surface area contributed by atoms with E-state index in [1.165, 1.54) is 6.07 Å². The van der Waals surface area contributed by atoms with E-state index in [9.17, 15) is 14.0 Å². The second-order valence-corrected chi connectivity index (χ2v) is 6.67. The van der Waals surface area contributed by atoms with Crippen LogP contribution in [0.3, 0.4) is 0 Å². The van der Waals surface area contributed by atoms with Crippen LogP contribution in [0.2, 0.25) is 0 Å². The van der Waals surface area contributed by atoms with Gasteiger partial charge in [0.2, 0.25) is 6.41 Å². The maximum Gasteiger partial charge on any atom is 0.328 e. The standard InChI is InChI=1S/C21H19FN4O3/c1-25-19-11-23-18-6-3-13(15-5-4-14(24-12-27)10-17(15)22)9-16(18)20(19)26(21(25)28)7-8-29-2/h3-6,9-12H,7-8H2,1-2H3,(H,24,27). The predicted octanol–water partition coefficient (Wildman–Crippen LogP) is 2.91. The lowest BCUT2D eigenvalue weighted by Crippen LogP contribution is -2.23. The molecule has 8 heteroatoms. The van der Waals surface area contributed by atoms with E-state index in [4.69, 9.17) is 4.74 Å². The van der Waals surface area contributed by atoms with Gasteiger partial charge in [-0.2, -0.15) is 0 Å². The fourth-order valence-electron chi connectivity index (χ4n) is 3.54. The van der Waals surface area contributed by atoms with E-state index in [1.54, 1.807) is 53.8 Å². The first-order chi connectivity index (χ1) is 14.0. The van der Waals surface area contributed by atoms with Gasteiger partial charge in [-0.15, -0.1) is 0 Å². The number of nitrogens with zero attached hydrogens (tertiary/aromatic N) is 3. The zero-order valence-electron chi connectivity index (χ0n) is 16.0. The summed E-state index contributed by atoms with van der Waals surface area (Å²) in [6.07, 6.45) is 2.17. The van der Waals surface area contributed by atoms with Gasteiger partial charge >= 0.3 is 5.69 Å². The highest BCUT2D eigenvalue weighted by Gasteiger charge is 2.16. The van der Waals surface area contributed by atoms with E-state index in [1.807, 2.05) is 6.07 Å². The number of fused-ring (bicyclic) bond motifs is 3. The van der Waals surface area contributed by atoms with Gasteiger partial charge in [0.15, 0.2) is 0 Å². The number of carbonyl (C=O) groups excluding carboxylic acids is 1. The van der Waals surface area contributed by atoms with Crippen molar-refractivity contribution in [3.05, 3.63) is 58.9 Å². The van der Waals surface area contributed by atoms with Crippen LogP contribution >= 0.6 is 0 Å². The van der Waals surface area contributed by atoms with E-state index < -0.39 is 5.82 Å². The highest BCUT2D eigenvalue weighted by molar-refractivity contribution is 6.04. The number of hydrogen-bond donors (Lipinski definition) is 1. The summed E-state index contributed by atoms with van der Waals surface area (Å²) in [6.45, 7) is 0.790. The van der Waals surface area contributed by atoms with Crippen LogP contribution in [0.5, 0.6) is 0 Å². The van der Waals surface area contributed by atoms with E-state index in [2.05, 4.69) is 10.3 Å². The van der Waals surface area contributed by atoms with Gasteiger partial charge in [0, 0.05) is 30.8 Å². The fraction of sp³-hybridized carbons (Fsp3) is 0.190. The number of aryl methyl sites for hydroxylation is 1. The third-order valence-electron chi connectivity index (χ3n) is 4.99. The summed E-state index contributed by atoms with van der Waals surface area (Å²) in [5.41, 5.74) is 3.40. The van der Waals surface area contributed by atoms with Crippen molar-refractivity contribution in [3.8, 4) is 11.1 Å². The summed E-state index contributed by atoms with van der Waals surface area (Å²) >= 11 is 0. The molecule has 1 amide bonds. The SMILES string of the molecule is COCCn1c(=O)n(C)c2cnc3ccc(-c4ccc(NC=O)cc4F)cc3c21. The lowest BCUT2D eigenvalue weighted by Gasteiger charge is -2.09. The van der Waals surface area contributed by atoms with E-state index in [0.29, 0.717) is 47.4 Å². The molecule has 2 heterocycles. The topological polar surface area (TPSA) is 78.2 Å². The summed E-state index contributed by atoms with van der Waals surface area (Å²) in [4.78, 5) is 27.7. The molecule has 0 radical (unpaired) electrons. The molecule has 7 nitrogen and oxygen atoms in total. The molecule has 1 N–H and O–H groups in total. The second kappa shape index (κ2) is 7.48. The maximum atomic E-state index is 14.6. The lowest BCUT2D eigenvalue weighted by atomic mass is 10.0. The van der Waals surface area contributed by atoms with Gasteiger partial charge in [-0.3, -0.25) is 18.9 Å². The number of nitrogens with one attached hydrogen (secondary N) is 1. The molecule has 0 atom stereocenters. The molecule has 2 aromatic carbocycles. The number of aromatic nitrogens is 3. The number of hydrogen-bond acceptors (Lipinski definition) is 4. The number of pyridine rings is 1. The Kier molecular flexibility index (Phi) is 4.85. The quantitative estimate of drug-likeness (QED) is 0.510. The first-order valence-corrected chi connectivity index (χ1v) is 9.02. The molecule has 0 spiro atoms. The summed E-state index contributed by atoms with van der Waals surface area (Å²) < 4.78 is 23.0. The van der Waals surface area contributed by atoms with Crippen molar-refractivity contribution < 1.29 is 13.9 Å². The third-order valence-corrected chi connectivity index (χ3v) is 4.99. The Balaban J connectivity index is 1.95. The summed E-state index contributed by atoms with van der Waals surface area (Å²) in [6, 6.07) is 9.93. The van der Waals surface area contributed by atoms with Gasteiger partial charge in [0.05, 0.1) is 35.9 Å². The van der Waals surface area contributed by atoms with E-state index in [-0.39, 0.29) is 5.69 Å². The first kappa shape index (κ1) is 18.8. The zero-order chi connectivity index (χ0) is 20.5. The van der Waals surface area contributed by atoms with Crippen LogP contribution < -0.4 is 11.0 Å². The molecule has 0 unspecified atom stereocenters. The average Bonchev–Trinajstić information content (AvgIpc) is 2.97. The van der Waals surface area contributed by atoms with Gasteiger partial charge in [0.25, 0.3) is 0 Å². The number of ether oxygens (including phenoxy) is 1. The number of imidazole rings is 1. The van der Waals surface area contributed by atoms with Crippen LogP contribution in [-0.2, 0) is 23.1 Å². The van der Waals surface area contributed by atoms with Crippen LogP contribution in [0.25, 0.3) is 33.1 Å². The molecule has 148 valence electrons. The maximum absolute atomic E-state index is 14.6. The number of amides is 1. The van der Waals surface area contributed by atoms with Crippen molar-refractivity contribution in [2.24, 2.45) is 7.05 Å². The number of benzene rings is 2. The molecular weight excluding hydrogens is 375 g/mol. The molecule has 4 rings (SSSR count). The monoisotopic (exact) mass is 394 g/mol. The molecule has 2 aromatic heterocycles. The molecule has 0 saturated heterocycles. The van der Waals surface area contributed by atoms with Crippen LogP contribution in [0.15, 0.2) is 47.4 Å². The molecule has 4 aromatic rings. The molecule has 0 fully saturated rings. The molecule has 0 aliphatic rings. The Morgan fingerprint density at radius 3 is 2.79 bits per heavy atom. The summed E-state index contributed by atoms with van der Waals surface area (Å²) in [5, 5.41) is 3.19. The first-order valence-electron chi connectivity index (χ1n) is 9.02. The Hall–Kier alpha value is -3.52. The van der Waals surface area contributed by atoms with Crippen LogP contribution in [0.1, 0.15) is 0 Å². The van der Waals surface area contributed by atoms with Crippen molar-refractivity contribution in [3.63, 3.8) is 0 Å². The minimum Gasteiger partial charge on any atom is -0.383 e. The van der Waals surface area contributed by atoms with Crippen molar-refractivity contribution in [1.29, 1.82) is 0 Å². The lowest BCUT2D eigenvalue weighted by molar-refractivity contribution is -0.105. The number of halogens is 1. The number of carbonyl (C=O) groups is 1. The molecule has 0 bridgehead atoms. The fourth-order valence-corrected chi connectivity index (χ4v) is 3.54. The van der Waals surface area contributed by atoms with Gasteiger partial charge < -0.3 is 10.1 Å². The largest absolute Gasteiger partial charge is 0.383 e. The van der Waals surface area contributed by atoms with Crippen molar-refractivity contribution in [2.75, 3.05) is 19.0 Å². The summed E-state index contributed by atoms with van der Waals surface area (Å²) in [7, 11) is 3.28. The Labute approximate surface area is 165 Å². The van der Waals surface area contributed by atoms with Gasteiger partial charge in [-0.05, 0) is 35.9 Å².